The zero-order chi connectivity index (χ0) is 13.5. The molecule has 1 saturated heterocycles. The van der Waals surface area contributed by atoms with E-state index in [-0.39, 0.29) is 18.6 Å². The number of carbonyl (C=O) groups is 1. The summed E-state index contributed by atoms with van der Waals surface area (Å²) in [4.78, 5) is 14.4. The molecule has 4 heteroatoms. The van der Waals surface area contributed by atoms with Gasteiger partial charge in [0.1, 0.15) is 0 Å². The van der Waals surface area contributed by atoms with Crippen LogP contribution >= 0.6 is 0 Å². The van der Waals surface area contributed by atoms with Crippen LogP contribution in [0.1, 0.15) is 51.4 Å². The summed E-state index contributed by atoms with van der Waals surface area (Å²) in [6.07, 6.45) is 9.31. The van der Waals surface area contributed by atoms with Crippen LogP contribution in [-0.2, 0) is 4.79 Å². The van der Waals surface area contributed by atoms with Gasteiger partial charge in [0, 0.05) is 12.6 Å². The van der Waals surface area contributed by atoms with Crippen molar-refractivity contribution in [3.05, 3.63) is 0 Å². The van der Waals surface area contributed by atoms with Crippen LogP contribution in [0.3, 0.4) is 0 Å². The highest BCUT2D eigenvalue weighted by atomic mass is 16.3. The lowest BCUT2D eigenvalue weighted by atomic mass is 9.86. The zero-order valence-corrected chi connectivity index (χ0v) is 11.9. The number of carbonyl (C=O) groups excluding carboxylic acids is 1. The summed E-state index contributed by atoms with van der Waals surface area (Å²) in [6.45, 7) is 2.95. The predicted octanol–water partition coefficient (Wildman–Crippen LogP) is 1.53. The fourth-order valence-corrected chi connectivity index (χ4v) is 3.36. The molecule has 2 rings (SSSR count). The van der Waals surface area contributed by atoms with E-state index in [2.05, 4.69) is 10.2 Å². The largest absolute Gasteiger partial charge is 0.396 e. The van der Waals surface area contributed by atoms with Gasteiger partial charge in [0.15, 0.2) is 0 Å². The predicted molar refractivity (Wildman–Crippen MR) is 75.9 cm³/mol. The van der Waals surface area contributed by atoms with E-state index < -0.39 is 0 Å². The Labute approximate surface area is 116 Å². The minimum Gasteiger partial charge on any atom is -0.396 e. The van der Waals surface area contributed by atoms with Crippen LogP contribution in [0.2, 0.25) is 0 Å². The Hall–Kier alpha value is -0.610. The summed E-state index contributed by atoms with van der Waals surface area (Å²) in [7, 11) is 0. The van der Waals surface area contributed by atoms with Crippen LogP contribution in [-0.4, -0.2) is 48.2 Å². The second-order valence-corrected chi connectivity index (χ2v) is 6.17. The molecule has 0 bridgehead atoms. The molecule has 1 saturated carbocycles. The minimum atomic E-state index is 0.172. The number of nitrogens with zero attached hydrogens (tertiary/aromatic N) is 1. The third-order valence-corrected chi connectivity index (χ3v) is 4.47. The van der Waals surface area contributed by atoms with Gasteiger partial charge in [-0.15, -0.1) is 0 Å². The summed E-state index contributed by atoms with van der Waals surface area (Å²) in [6, 6.07) is 0.283. The lowest BCUT2D eigenvalue weighted by Crippen LogP contribution is -2.44. The molecule has 1 aliphatic carbocycles. The summed E-state index contributed by atoms with van der Waals surface area (Å²) in [5.41, 5.74) is 0. The maximum Gasteiger partial charge on any atom is 0.234 e. The van der Waals surface area contributed by atoms with Gasteiger partial charge in [0.2, 0.25) is 5.91 Å². The second kappa shape index (κ2) is 7.85. The standard InChI is InChI=1S/C15H28N2O2/c18-12-13-6-5-7-14(10-13)16-15(19)11-17-8-3-1-2-4-9-17/h13-14,18H,1-12H2,(H,16,19)/t13-,14+/m1/s1. The molecule has 0 spiro atoms. The van der Waals surface area contributed by atoms with Crippen LogP contribution in [0, 0.1) is 5.92 Å². The molecule has 0 aromatic rings. The van der Waals surface area contributed by atoms with E-state index in [0.717, 1.165) is 38.8 Å². The van der Waals surface area contributed by atoms with E-state index >= 15 is 0 Å². The first-order valence-electron chi connectivity index (χ1n) is 7.90. The average molecular weight is 268 g/mol. The van der Waals surface area contributed by atoms with Crippen molar-refractivity contribution in [3.8, 4) is 0 Å². The van der Waals surface area contributed by atoms with Crippen LogP contribution in [0.5, 0.6) is 0 Å². The summed E-state index contributed by atoms with van der Waals surface area (Å²) >= 11 is 0. The number of hydrogen-bond donors (Lipinski definition) is 2. The second-order valence-electron chi connectivity index (χ2n) is 6.17. The minimum absolute atomic E-state index is 0.172. The highest BCUT2D eigenvalue weighted by molar-refractivity contribution is 5.78. The van der Waals surface area contributed by atoms with E-state index in [9.17, 15) is 9.90 Å². The zero-order valence-electron chi connectivity index (χ0n) is 11.9. The van der Waals surface area contributed by atoms with Crippen LogP contribution < -0.4 is 5.32 Å². The van der Waals surface area contributed by atoms with Crippen LogP contribution in [0.4, 0.5) is 0 Å². The topological polar surface area (TPSA) is 52.6 Å². The van der Waals surface area contributed by atoms with Gasteiger partial charge in [-0.3, -0.25) is 9.69 Å². The monoisotopic (exact) mass is 268 g/mol. The Kier molecular flexibility index (Phi) is 6.11. The lowest BCUT2D eigenvalue weighted by Gasteiger charge is -2.29. The first kappa shape index (κ1) is 14.8. The SMILES string of the molecule is O=C(CN1CCCCCC1)N[C@H]1CCC[C@@H](CO)C1. The van der Waals surface area contributed by atoms with E-state index in [0.29, 0.717) is 12.5 Å². The Bertz CT molecular complexity index is 275. The number of likely N-dealkylation sites (tertiary alicyclic amines) is 1. The number of hydrogen-bond acceptors (Lipinski definition) is 3. The molecule has 2 atom stereocenters. The molecule has 0 radical (unpaired) electrons. The van der Waals surface area contributed by atoms with E-state index in [1.54, 1.807) is 0 Å². The molecule has 4 nitrogen and oxygen atoms in total. The Morgan fingerprint density at radius 2 is 1.84 bits per heavy atom. The normalized spacial score (nSPS) is 29.7. The molecule has 2 fully saturated rings. The Morgan fingerprint density at radius 1 is 1.11 bits per heavy atom. The Morgan fingerprint density at radius 3 is 2.53 bits per heavy atom. The maximum atomic E-state index is 12.1. The number of rotatable bonds is 4. The van der Waals surface area contributed by atoms with Gasteiger partial charge < -0.3 is 10.4 Å². The van der Waals surface area contributed by atoms with Gasteiger partial charge in [-0.05, 0) is 51.1 Å². The van der Waals surface area contributed by atoms with E-state index in [1.165, 1.54) is 25.7 Å². The van der Waals surface area contributed by atoms with Crippen LogP contribution in [0.25, 0.3) is 0 Å². The molecule has 2 aliphatic rings. The van der Waals surface area contributed by atoms with Crippen molar-refractivity contribution in [3.63, 3.8) is 0 Å². The van der Waals surface area contributed by atoms with Crippen molar-refractivity contribution in [2.45, 2.75) is 57.4 Å². The molecule has 1 aliphatic heterocycles. The van der Waals surface area contributed by atoms with E-state index in [1.807, 2.05) is 0 Å². The molecular formula is C15H28N2O2. The smallest absolute Gasteiger partial charge is 0.234 e. The number of aliphatic hydroxyl groups is 1. The van der Waals surface area contributed by atoms with Crippen molar-refractivity contribution in [1.29, 1.82) is 0 Å². The molecule has 110 valence electrons. The van der Waals surface area contributed by atoms with Crippen molar-refractivity contribution in [2.24, 2.45) is 5.92 Å². The molecule has 1 amide bonds. The third kappa shape index (κ3) is 5.11. The summed E-state index contributed by atoms with van der Waals surface area (Å²) in [5.74, 6) is 0.558. The first-order valence-corrected chi connectivity index (χ1v) is 7.90. The average Bonchev–Trinajstić information content (AvgIpc) is 2.67. The van der Waals surface area contributed by atoms with Crippen molar-refractivity contribution >= 4 is 5.91 Å². The van der Waals surface area contributed by atoms with Crippen molar-refractivity contribution in [2.75, 3.05) is 26.2 Å². The first-order chi connectivity index (χ1) is 9.28. The van der Waals surface area contributed by atoms with Gasteiger partial charge >= 0.3 is 0 Å². The number of amides is 1. The lowest BCUT2D eigenvalue weighted by molar-refractivity contribution is -0.123. The van der Waals surface area contributed by atoms with Crippen molar-refractivity contribution < 1.29 is 9.90 Å². The number of aliphatic hydroxyl groups excluding tert-OH is 1. The molecule has 19 heavy (non-hydrogen) atoms. The molecular weight excluding hydrogens is 240 g/mol. The highest BCUT2D eigenvalue weighted by Gasteiger charge is 2.23. The molecule has 1 heterocycles. The molecule has 0 aromatic carbocycles. The van der Waals surface area contributed by atoms with Gasteiger partial charge in [0.05, 0.1) is 6.54 Å². The summed E-state index contributed by atoms with van der Waals surface area (Å²) in [5, 5.41) is 12.4. The van der Waals surface area contributed by atoms with Gasteiger partial charge in [-0.25, -0.2) is 0 Å². The maximum absolute atomic E-state index is 12.1. The van der Waals surface area contributed by atoms with Gasteiger partial charge in [0.25, 0.3) is 0 Å². The highest BCUT2D eigenvalue weighted by Crippen LogP contribution is 2.23. The van der Waals surface area contributed by atoms with Crippen molar-refractivity contribution in [1.82, 2.24) is 10.2 Å². The number of nitrogens with one attached hydrogen (secondary N) is 1. The molecule has 0 unspecified atom stereocenters. The quantitative estimate of drug-likeness (QED) is 0.813. The third-order valence-electron chi connectivity index (χ3n) is 4.47. The fourth-order valence-electron chi connectivity index (χ4n) is 3.36. The van der Waals surface area contributed by atoms with Gasteiger partial charge in [-0.1, -0.05) is 19.3 Å². The van der Waals surface area contributed by atoms with Crippen LogP contribution in [0.15, 0.2) is 0 Å². The van der Waals surface area contributed by atoms with Gasteiger partial charge in [-0.2, -0.15) is 0 Å². The molecule has 2 N–H and O–H groups in total. The van der Waals surface area contributed by atoms with E-state index in [4.69, 9.17) is 0 Å². The fraction of sp³-hybridized carbons (Fsp3) is 0.933. The molecule has 0 aromatic heterocycles. The summed E-state index contributed by atoms with van der Waals surface area (Å²) < 4.78 is 0. The Balaban J connectivity index is 1.70.